The third-order valence-electron chi connectivity index (χ3n) is 7.45. The monoisotopic (exact) mass is 546 g/mol. The first-order valence-corrected chi connectivity index (χ1v) is 13.6. The van der Waals surface area contributed by atoms with E-state index in [0.29, 0.717) is 42.3 Å². The van der Waals surface area contributed by atoms with E-state index in [-0.39, 0.29) is 18.1 Å². The van der Waals surface area contributed by atoms with E-state index >= 15 is 0 Å². The zero-order valence-corrected chi connectivity index (χ0v) is 23.5. The number of pyridine rings is 1. The first-order chi connectivity index (χ1) is 19.1. The van der Waals surface area contributed by atoms with Crippen molar-refractivity contribution in [2.45, 2.75) is 64.0 Å². The number of nitrogens with one attached hydrogen (secondary N) is 2. The number of β-amino-alcohol motifs (C(OH)–C–C–N with tert-alkyl or cyclic N) is 1. The minimum atomic E-state index is -0.734. The van der Waals surface area contributed by atoms with Crippen molar-refractivity contribution in [3.63, 3.8) is 0 Å². The van der Waals surface area contributed by atoms with E-state index in [4.69, 9.17) is 15.2 Å². The molecule has 1 atom stereocenters. The van der Waals surface area contributed by atoms with Crippen molar-refractivity contribution in [1.82, 2.24) is 10.3 Å². The van der Waals surface area contributed by atoms with Crippen molar-refractivity contribution in [1.29, 1.82) is 0 Å². The number of nitrogens with zero attached hydrogens (tertiary/aromatic N) is 1. The van der Waals surface area contributed by atoms with E-state index in [9.17, 15) is 14.7 Å². The molecule has 2 aromatic carbocycles. The summed E-state index contributed by atoms with van der Waals surface area (Å²) in [5.74, 6) is 1.10. The van der Waals surface area contributed by atoms with Crippen LogP contribution in [0.4, 0.5) is 5.69 Å². The Morgan fingerprint density at radius 1 is 1.12 bits per heavy atom. The van der Waals surface area contributed by atoms with Crippen molar-refractivity contribution in [3.05, 3.63) is 77.5 Å². The first-order valence-electron chi connectivity index (χ1n) is 13.6. The van der Waals surface area contributed by atoms with Crippen LogP contribution in [0.5, 0.6) is 17.4 Å². The maximum absolute atomic E-state index is 12.8. The third-order valence-corrected chi connectivity index (χ3v) is 7.45. The number of aliphatic hydroxyl groups is 1. The molecule has 1 aromatic heterocycles. The Bertz CT molecular complexity index is 1330. The lowest BCUT2D eigenvalue weighted by atomic mass is 9.76. The van der Waals surface area contributed by atoms with Gasteiger partial charge in [0.15, 0.2) is 0 Å². The van der Waals surface area contributed by atoms with Crippen LogP contribution in [0.3, 0.4) is 0 Å². The molecule has 1 aliphatic heterocycles. The van der Waals surface area contributed by atoms with Crippen molar-refractivity contribution in [3.8, 4) is 17.4 Å². The molecule has 1 aliphatic rings. The molecule has 0 fully saturated rings. The molecule has 0 saturated carbocycles. The Balaban J connectivity index is 1.29. The number of carbonyl (C=O) groups is 2. The fourth-order valence-electron chi connectivity index (χ4n) is 5.12. The molecule has 3 aromatic rings. The fraction of sp³-hybridized carbons (Fsp3) is 0.387. The number of primary amides is 1. The van der Waals surface area contributed by atoms with Crippen LogP contribution in [0.2, 0.25) is 0 Å². The number of rotatable bonds is 13. The third kappa shape index (κ3) is 6.43. The van der Waals surface area contributed by atoms with Gasteiger partial charge in [-0.2, -0.15) is 0 Å². The van der Waals surface area contributed by atoms with Crippen LogP contribution in [0.25, 0.3) is 0 Å². The molecular weight excluding hydrogens is 508 g/mol. The van der Waals surface area contributed by atoms with Crippen LogP contribution < -0.4 is 25.8 Å². The second kappa shape index (κ2) is 12.1. The lowest BCUT2D eigenvalue weighted by Gasteiger charge is -2.29. The molecule has 0 saturated heterocycles. The van der Waals surface area contributed by atoms with Crippen LogP contribution in [0.1, 0.15) is 62.0 Å². The standard InChI is InChI=1S/C31H38N4O5/c1-5-31(6-2)27-24(35-29(31)38)8-7-9-25(27)39-19-22(36)18-34-30(3,4)16-20-10-13-23(14-11-20)40-26-15-12-21(17-33-26)28(32)37/h7-15,17,22,34,36H,5-6,16,18-19H2,1-4H3,(H2,32,37)(H,35,38)/t22-/m0/s1. The Kier molecular flexibility index (Phi) is 8.76. The van der Waals surface area contributed by atoms with Gasteiger partial charge in [0.2, 0.25) is 17.7 Å². The summed E-state index contributed by atoms with van der Waals surface area (Å²) >= 11 is 0. The van der Waals surface area contributed by atoms with Gasteiger partial charge in [-0.25, -0.2) is 4.98 Å². The summed E-state index contributed by atoms with van der Waals surface area (Å²) < 4.78 is 11.8. The highest BCUT2D eigenvalue weighted by Crippen LogP contribution is 2.47. The zero-order valence-electron chi connectivity index (χ0n) is 23.5. The van der Waals surface area contributed by atoms with Crippen molar-refractivity contribution in [2.24, 2.45) is 5.73 Å². The van der Waals surface area contributed by atoms with E-state index in [1.807, 2.05) is 56.3 Å². The van der Waals surface area contributed by atoms with Crippen LogP contribution in [-0.2, 0) is 16.6 Å². The average Bonchev–Trinajstić information content (AvgIpc) is 3.23. The maximum Gasteiger partial charge on any atom is 0.250 e. The minimum Gasteiger partial charge on any atom is -0.490 e. The summed E-state index contributed by atoms with van der Waals surface area (Å²) in [6.45, 7) is 8.64. The molecule has 4 rings (SSSR count). The normalized spacial score (nSPS) is 14.8. The molecule has 2 amide bonds. The number of anilines is 1. The second-order valence-corrected chi connectivity index (χ2v) is 10.8. The predicted molar refractivity (Wildman–Crippen MR) is 154 cm³/mol. The number of carbonyl (C=O) groups excluding carboxylic acids is 2. The SMILES string of the molecule is CCC1(CC)C(=O)Nc2cccc(OC[C@@H](O)CNC(C)(C)Cc3ccc(Oc4ccc(C(N)=O)cn4)cc3)c21. The molecule has 2 heterocycles. The van der Waals surface area contributed by atoms with Gasteiger partial charge in [0.1, 0.15) is 24.2 Å². The van der Waals surface area contributed by atoms with Crippen LogP contribution >= 0.6 is 0 Å². The maximum atomic E-state index is 12.8. The van der Waals surface area contributed by atoms with E-state index in [2.05, 4.69) is 29.5 Å². The number of nitrogens with two attached hydrogens (primary N) is 1. The molecule has 9 nitrogen and oxygen atoms in total. The number of ether oxygens (including phenoxy) is 2. The van der Waals surface area contributed by atoms with Crippen LogP contribution in [0.15, 0.2) is 60.8 Å². The molecule has 0 radical (unpaired) electrons. The molecule has 9 heteroatoms. The van der Waals surface area contributed by atoms with Crippen molar-refractivity contribution >= 4 is 17.5 Å². The van der Waals surface area contributed by atoms with E-state index in [0.717, 1.165) is 23.2 Å². The number of hydrogen-bond acceptors (Lipinski definition) is 7. The summed E-state index contributed by atoms with van der Waals surface area (Å²) in [4.78, 5) is 28.0. The van der Waals surface area contributed by atoms with Crippen molar-refractivity contribution < 1.29 is 24.2 Å². The number of hydrogen-bond donors (Lipinski definition) is 4. The molecule has 0 unspecified atom stereocenters. The van der Waals surface area contributed by atoms with Gasteiger partial charge >= 0.3 is 0 Å². The topological polar surface area (TPSA) is 136 Å². The van der Waals surface area contributed by atoms with Gasteiger partial charge in [-0.05, 0) is 69.0 Å². The minimum absolute atomic E-state index is 0.00244. The second-order valence-electron chi connectivity index (χ2n) is 10.8. The van der Waals surface area contributed by atoms with E-state index < -0.39 is 17.4 Å². The summed E-state index contributed by atoms with van der Waals surface area (Å²) in [6, 6.07) is 16.5. The molecule has 0 bridgehead atoms. The largest absolute Gasteiger partial charge is 0.490 e. The Morgan fingerprint density at radius 3 is 2.48 bits per heavy atom. The number of benzene rings is 2. The van der Waals surface area contributed by atoms with Crippen LogP contribution in [0, 0.1) is 0 Å². The number of aromatic nitrogens is 1. The van der Waals surface area contributed by atoms with Gasteiger partial charge in [0.25, 0.3) is 0 Å². The van der Waals surface area contributed by atoms with Crippen molar-refractivity contribution in [2.75, 3.05) is 18.5 Å². The summed E-state index contributed by atoms with van der Waals surface area (Å²) in [7, 11) is 0. The van der Waals surface area contributed by atoms with Gasteiger partial charge in [-0.1, -0.05) is 32.0 Å². The van der Waals surface area contributed by atoms with Gasteiger partial charge in [-0.3, -0.25) is 9.59 Å². The Hall–Kier alpha value is -3.95. The van der Waals surface area contributed by atoms with Gasteiger partial charge in [0.05, 0.1) is 11.0 Å². The number of amides is 2. The molecule has 0 spiro atoms. The number of fused-ring (bicyclic) bond motifs is 1. The quantitative estimate of drug-likeness (QED) is 0.250. The predicted octanol–water partition coefficient (Wildman–Crippen LogP) is 4.33. The van der Waals surface area contributed by atoms with E-state index in [1.54, 1.807) is 12.1 Å². The molecule has 0 aliphatic carbocycles. The fourth-order valence-corrected chi connectivity index (χ4v) is 5.12. The molecule has 5 N–H and O–H groups in total. The molecule has 40 heavy (non-hydrogen) atoms. The zero-order chi connectivity index (χ0) is 28.9. The van der Waals surface area contributed by atoms with E-state index in [1.165, 1.54) is 6.20 Å². The van der Waals surface area contributed by atoms with Gasteiger partial charge < -0.3 is 30.9 Å². The van der Waals surface area contributed by atoms with Gasteiger partial charge in [0, 0.05) is 35.6 Å². The lowest BCUT2D eigenvalue weighted by Crippen LogP contribution is -2.46. The van der Waals surface area contributed by atoms with Crippen LogP contribution in [-0.4, -0.2) is 46.7 Å². The summed E-state index contributed by atoms with van der Waals surface area (Å²) in [5, 5.41) is 17.1. The Morgan fingerprint density at radius 2 is 1.85 bits per heavy atom. The highest BCUT2D eigenvalue weighted by molar-refractivity contribution is 6.07. The summed E-state index contributed by atoms with van der Waals surface area (Å²) in [6.07, 6.45) is 2.72. The highest BCUT2D eigenvalue weighted by Gasteiger charge is 2.46. The number of aliphatic hydroxyl groups excluding tert-OH is 1. The summed E-state index contributed by atoms with van der Waals surface area (Å²) in [5.41, 5.74) is 7.43. The molecular formula is C31H38N4O5. The van der Waals surface area contributed by atoms with Gasteiger partial charge in [-0.15, -0.1) is 0 Å². The Labute approximate surface area is 235 Å². The molecule has 212 valence electrons. The average molecular weight is 547 g/mol. The highest BCUT2D eigenvalue weighted by atomic mass is 16.5. The lowest BCUT2D eigenvalue weighted by molar-refractivity contribution is -0.121. The first kappa shape index (κ1) is 29.0. The smallest absolute Gasteiger partial charge is 0.250 e.